The lowest BCUT2D eigenvalue weighted by Crippen LogP contribution is -2.37. The Morgan fingerprint density at radius 1 is 1.20 bits per heavy atom. The lowest BCUT2D eigenvalue weighted by molar-refractivity contribution is -0.155. The minimum absolute atomic E-state index is 0.378. The summed E-state index contributed by atoms with van der Waals surface area (Å²) in [6.45, 7) is 5.27. The number of benzene rings is 1. The summed E-state index contributed by atoms with van der Waals surface area (Å²) in [7, 11) is -1.95. The van der Waals surface area contributed by atoms with Gasteiger partial charge >= 0.3 is 11.9 Å². The Labute approximate surface area is 120 Å². The van der Waals surface area contributed by atoms with Crippen LogP contribution in [-0.2, 0) is 25.2 Å². The van der Waals surface area contributed by atoms with Gasteiger partial charge in [0.1, 0.15) is 6.04 Å². The van der Waals surface area contributed by atoms with Gasteiger partial charge in [0.05, 0.1) is 0 Å². The van der Waals surface area contributed by atoms with Crippen molar-refractivity contribution in [1.82, 2.24) is 0 Å². The molecule has 1 aromatic rings. The Hall–Kier alpha value is -1.66. The zero-order valence-corrected chi connectivity index (χ0v) is 13.1. The Kier molecular flexibility index (Phi) is 5.91. The van der Waals surface area contributed by atoms with E-state index in [0.717, 1.165) is 5.56 Å². The molecule has 2 N–H and O–H groups in total. The second kappa shape index (κ2) is 7.21. The molecule has 1 atom stereocenters. The number of nitrogens with two attached hydrogens (primary N) is 1. The van der Waals surface area contributed by atoms with Gasteiger partial charge in [-0.1, -0.05) is 30.3 Å². The highest BCUT2D eigenvalue weighted by atomic mass is 28.4. The largest absolute Gasteiger partial charge is 0.517 e. The molecule has 1 aromatic carbocycles. The fourth-order valence-corrected chi connectivity index (χ4v) is 2.30. The van der Waals surface area contributed by atoms with E-state index in [1.54, 1.807) is 0 Å². The highest BCUT2D eigenvalue weighted by molar-refractivity contribution is 6.71. The van der Waals surface area contributed by atoms with Gasteiger partial charge in [-0.25, -0.2) is 4.79 Å². The van der Waals surface area contributed by atoms with Crippen LogP contribution in [0.5, 0.6) is 0 Å². The van der Waals surface area contributed by atoms with Crippen molar-refractivity contribution in [2.45, 2.75) is 32.1 Å². The highest BCUT2D eigenvalue weighted by Crippen LogP contribution is 2.05. The summed E-state index contributed by atoms with van der Waals surface area (Å²) < 4.78 is 10.0. The molecule has 0 aliphatic rings. The van der Waals surface area contributed by atoms with E-state index >= 15 is 0 Å². The first-order chi connectivity index (χ1) is 9.28. The van der Waals surface area contributed by atoms with E-state index in [9.17, 15) is 9.59 Å². The minimum atomic E-state index is -1.95. The fraction of sp³-hybridized carbons (Fsp3) is 0.429. The van der Waals surface area contributed by atoms with Crippen LogP contribution in [0.15, 0.2) is 30.3 Å². The molecule has 0 aromatic heterocycles. The number of hydrogen-bond donors (Lipinski definition) is 1. The third-order valence-corrected chi connectivity index (χ3v) is 3.19. The molecule has 0 saturated heterocycles. The SMILES string of the molecule is C[Si](C)(C)OC(=O)COC(=O)C(N)Cc1ccccc1. The second-order valence-corrected chi connectivity index (χ2v) is 9.92. The topological polar surface area (TPSA) is 78.6 Å². The average Bonchev–Trinajstić information content (AvgIpc) is 2.35. The van der Waals surface area contributed by atoms with Crippen LogP contribution >= 0.6 is 0 Å². The maximum Gasteiger partial charge on any atom is 0.330 e. The lowest BCUT2D eigenvalue weighted by atomic mass is 10.1. The van der Waals surface area contributed by atoms with Crippen molar-refractivity contribution >= 4 is 20.3 Å². The first kappa shape index (κ1) is 16.4. The Bertz CT molecular complexity index is 456. The number of ether oxygens (including phenoxy) is 1. The normalized spacial score (nSPS) is 12.6. The summed E-state index contributed by atoms with van der Waals surface area (Å²) >= 11 is 0. The van der Waals surface area contributed by atoms with E-state index in [4.69, 9.17) is 14.9 Å². The molecular formula is C14H21NO4Si. The van der Waals surface area contributed by atoms with Gasteiger partial charge in [-0.05, 0) is 31.6 Å². The molecule has 0 spiro atoms. The molecule has 6 heteroatoms. The summed E-state index contributed by atoms with van der Waals surface area (Å²) in [5.74, 6) is -1.12. The molecule has 110 valence electrons. The summed E-state index contributed by atoms with van der Waals surface area (Å²) in [4.78, 5) is 23.1. The van der Waals surface area contributed by atoms with Crippen LogP contribution in [0.25, 0.3) is 0 Å². The predicted molar refractivity (Wildman–Crippen MR) is 78.5 cm³/mol. The molecule has 0 aliphatic heterocycles. The van der Waals surface area contributed by atoms with Gasteiger partial charge in [0.25, 0.3) is 0 Å². The van der Waals surface area contributed by atoms with Gasteiger partial charge in [-0.15, -0.1) is 0 Å². The molecule has 0 saturated carbocycles. The van der Waals surface area contributed by atoms with Crippen molar-refractivity contribution in [2.75, 3.05) is 6.61 Å². The van der Waals surface area contributed by atoms with Crippen molar-refractivity contribution in [2.24, 2.45) is 5.73 Å². The van der Waals surface area contributed by atoms with Gasteiger partial charge in [0.2, 0.25) is 8.32 Å². The lowest BCUT2D eigenvalue weighted by Gasteiger charge is -2.17. The second-order valence-electron chi connectivity index (χ2n) is 5.49. The molecule has 0 heterocycles. The smallest absolute Gasteiger partial charge is 0.330 e. The van der Waals surface area contributed by atoms with Crippen molar-refractivity contribution in [3.63, 3.8) is 0 Å². The standard InChI is InChI=1S/C14H21NO4Si/c1-20(2,3)19-13(16)10-18-14(17)12(15)9-11-7-5-4-6-8-11/h4-8,12H,9-10,15H2,1-3H3. The number of carbonyl (C=O) groups excluding carboxylic acids is 2. The molecule has 0 fully saturated rings. The van der Waals surface area contributed by atoms with E-state index in [2.05, 4.69) is 0 Å². The molecule has 20 heavy (non-hydrogen) atoms. The van der Waals surface area contributed by atoms with E-state index in [1.807, 2.05) is 50.0 Å². The van der Waals surface area contributed by atoms with E-state index < -0.39 is 26.3 Å². The van der Waals surface area contributed by atoms with Crippen molar-refractivity contribution in [3.8, 4) is 0 Å². The van der Waals surface area contributed by atoms with Crippen LogP contribution < -0.4 is 5.73 Å². The van der Waals surface area contributed by atoms with Crippen molar-refractivity contribution in [1.29, 1.82) is 0 Å². The molecule has 0 amide bonds. The maximum absolute atomic E-state index is 11.7. The number of hydrogen-bond acceptors (Lipinski definition) is 5. The molecule has 0 bridgehead atoms. The minimum Gasteiger partial charge on any atom is -0.517 e. The molecule has 1 rings (SSSR count). The third kappa shape index (κ3) is 6.49. The number of esters is 1. The first-order valence-corrected chi connectivity index (χ1v) is 9.87. The zero-order valence-electron chi connectivity index (χ0n) is 12.1. The molecule has 0 aliphatic carbocycles. The van der Waals surface area contributed by atoms with Crippen LogP contribution in [0.4, 0.5) is 0 Å². The van der Waals surface area contributed by atoms with Crippen LogP contribution in [-0.4, -0.2) is 32.9 Å². The van der Waals surface area contributed by atoms with Gasteiger partial charge in [0.15, 0.2) is 6.61 Å². The van der Waals surface area contributed by atoms with Crippen LogP contribution in [0.1, 0.15) is 5.56 Å². The Balaban J connectivity index is 2.37. The van der Waals surface area contributed by atoms with Crippen LogP contribution in [0, 0.1) is 0 Å². The van der Waals surface area contributed by atoms with Gasteiger partial charge in [0, 0.05) is 0 Å². The third-order valence-electron chi connectivity index (χ3n) is 2.35. The number of rotatable bonds is 6. The maximum atomic E-state index is 11.7. The zero-order chi connectivity index (χ0) is 15.2. The Morgan fingerprint density at radius 2 is 1.80 bits per heavy atom. The monoisotopic (exact) mass is 295 g/mol. The van der Waals surface area contributed by atoms with Crippen molar-refractivity contribution in [3.05, 3.63) is 35.9 Å². The molecular weight excluding hydrogens is 274 g/mol. The fourth-order valence-electron chi connectivity index (χ4n) is 1.56. The summed E-state index contributed by atoms with van der Waals surface area (Å²) in [5, 5.41) is 0. The van der Waals surface area contributed by atoms with Gasteiger partial charge in [-0.3, -0.25) is 4.79 Å². The quantitative estimate of drug-likeness (QED) is 0.635. The summed E-state index contributed by atoms with van der Waals surface area (Å²) in [5.41, 5.74) is 6.69. The molecule has 1 unspecified atom stereocenters. The molecule has 5 nitrogen and oxygen atoms in total. The van der Waals surface area contributed by atoms with Gasteiger partial charge in [-0.2, -0.15) is 0 Å². The highest BCUT2D eigenvalue weighted by Gasteiger charge is 2.22. The van der Waals surface area contributed by atoms with Crippen LogP contribution in [0.3, 0.4) is 0 Å². The van der Waals surface area contributed by atoms with E-state index in [-0.39, 0.29) is 6.61 Å². The van der Waals surface area contributed by atoms with Gasteiger partial charge < -0.3 is 14.9 Å². The first-order valence-electron chi connectivity index (χ1n) is 6.46. The summed E-state index contributed by atoms with van der Waals surface area (Å²) in [6.07, 6.45) is 0.378. The predicted octanol–water partition coefficient (Wildman–Crippen LogP) is 1.48. The Morgan fingerprint density at radius 3 is 2.35 bits per heavy atom. The molecule has 0 radical (unpaired) electrons. The van der Waals surface area contributed by atoms with E-state index in [0.29, 0.717) is 6.42 Å². The van der Waals surface area contributed by atoms with Crippen molar-refractivity contribution < 1.29 is 18.8 Å². The average molecular weight is 295 g/mol. The summed E-state index contributed by atoms with van der Waals surface area (Å²) in [6, 6.07) is 8.62. The number of carbonyl (C=O) groups is 2. The van der Waals surface area contributed by atoms with E-state index in [1.165, 1.54) is 0 Å². The van der Waals surface area contributed by atoms with Crippen LogP contribution in [0.2, 0.25) is 19.6 Å².